The van der Waals surface area contributed by atoms with E-state index < -0.39 is 59.9 Å². The molecule has 1 saturated carbocycles. The zero-order valence-electron chi connectivity index (χ0n) is 10.5. The van der Waals surface area contributed by atoms with Gasteiger partial charge in [0.15, 0.2) is 0 Å². The van der Waals surface area contributed by atoms with Crippen LogP contribution in [0.15, 0.2) is 12.2 Å². The molecular weight excluding hydrogens is 328 g/mol. The summed E-state index contributed by atoms with van der Waals surface area (Å²) < 4.78 is 117. The molecule has 22 heavy (non-hydrogen) atoms. The van der Waals surface area contributed by atoms with E-state index in [0.29, 0.717) is 0 Å². The van der Waals surface area contributed by atoms with E-state index in [1.54, 1.807) is 0 Å². The lowest BCUT2D eigenvalue weighted by molar-refractivity contribution is -0.352. The van der Waals surface area contributed by atoms with Gasteiger partial charge in [-0.25, -0.2) is 0 Å². The maximum Gasteiger partial charge on any atom is 0.364 e. The first kappa shape index (κ1) is 14.7. The van der Waals surface area contributed by atoms with Gasteiger partial charge >= 0.3 is 24.4 Å². The van der Waals surface area contributed by atoms with Gasteiger partial charge in [0, 0.05) is 11.8 Å². The minimum absolute atomic E-state index is 0.879. The standard InChI is InChI=1S/C12H8F8O2/c13-9(14)5-3-1-2-4(7(5)11(17,18)21-9)8-6(3)10(15,16)22-12(8,19)20/h1-8H. The molecule has 2 aliphatic heterocycles. The molecule has 2 heterocycles. The second kappa shape index (κ2) is 3.61. The largest absolute Gasteiger partial charge is 0.364 e. The molecule has 0 spiro atoms. The van der Waals surface area contributed by atoms with Crippen molar-refractivity contribution in [3.8, 4) is 0 Å². The van der Waals surface area contributed by atoms with Gasteiger partial charge in [-0.15, -0.1) is 0 Å². The first-order valence-electron chi connectivity index (χ1n) is 6.48. The molecule has 2 nitrogen and oxygen atoms in total. The van der Waals surface area contributed by atoms with Crippen LogP contribution in [0.1, 0.15) is 0 Å². The van der Waals surface area contributed by atoms with Crippen molar-refractivity contribution in [1.82, 2.24) is 0 Å². The minimum atomic E-state index is -4.37. The molecule has 10 heteroatoms. The second-order valence-electron chi connectivity index (χ2n) is 6.09. The van der Waals surface area contributed by atoms with Gasteiger partial charge in [-0.3, -0.25) is 9.47 Å². The van der Waals surface area contributed by atoms with Gasteiger partial charge in [-0.2, -0.15) is 35.1 Å². The fraction of sp³-hybridized carbons (Fsp3) is 0.833. The Morgan fingerprint density at radius 3 is 0.955 bits per heavy atom. The maximum absolute atomic E-state index is 13.7. The van der Waals surface area contributed by atoms with E-state index in [1.165, 1.54) is 0 Å². The summed E-state index contributed by atoms with van der Waals surface area (Å²) in [6.07, 6.45) is -15.7. The van der Waals surface area contributed by atoms with Gasteiger partial charge in [-0.05, 0) is 0 Å². The Balaban J connectivity index is 1.88. The third-order valence-electron chi connectivity index (χ3n) is 5.08. The SMILES string of the molecule is FC1(F)OC(F)(F)C2C3C=CC(C21)C1C3C(F)(F)OC1(F)F. The lowest BCUT2D eigenvalue weighted by atomic mass is 9.53. The van der Waals surface area contributed by atoms with Gasteiger partial charge in [0.2, 0.25) is 0 Å². The van der Waals surface area contributed by atoms with Crippen LogP contribution in [0.5, 0.6) is 0 Å². The Labute approximate surface area is 118 Å². The highest BCUT2D eigenvalue weighted by Crippen LogP contribution is 2.71. The summed E-state index contributed by atoms with van der Waals surface area (Å²) >= 11 is 0. The highest BCUT2D eigenvalue weighted by atomic mass is 19.3. The highest BCUT2D eigenvalue weighted by molar-refractivity contribution is 5.23. The van der Waals surface area contributed by atoms with Crippen molar-refractivity contribution in [2.45, 2.75) is 24.4 Å². The summed E-state index contributed by atoms with van der Waals surface area (Å²) in [6.45, 7) is 0. The lowest BCUT2D eigenvalue weighted by Crippen LogP contribution is -2.56. The zero-order chi connectivity index (χ0) is 16.3. The van der Waals surface area contributed by atoms with E-state index in [9.17, 15) is 35.1 Å². The van der Waals surface area contributed by atoms with Gasteiger partial charge < -0.3 is 0 Å². The summed E-state index contributed by atoms with van der Waals surface area (Å²) in [5.74, 6) is -12.9. The fourth-order valence-electron chi connectivity index (χ4n) is 4.51. The van der Waals surface area contributed by atoms with Gasteiger partial charge in [-0.1, -0.05) is 12.2 Å². The Morgan fingerprint density at radius 1 is 0.500 bits per heavy atom. The molecule has 0 aromatic carbocycles. The molecule has 4 atom stereocenters. The Kier molecular flexibility index (Phi) is 2.41. The number of allylic oxidation sites excluding steroid dienone is 2. The molecule has 124 valence electrons. The predicted molar refractivity (Wildman–Crippen MR) is 52.0 cm³/mol. The van der Waals surface area contributed by atoms with Gasteiger partial charge in [0.25, 0.3) is 0 Å². The van der Waals surface area contributed by atoms with Crippen LogP contribution in [-0.2, 0) is 9.47 Å². The van der Waals surface area contributed by atoms with E-state index in [1.807, 2.05) is 0 Å². The van der Waals surface area contributed by atoms with Crippen molar-refractivity contribution in [3.05, 3.63) is 12.2 Å². The van der Waals surface area contributed by atoms with Crippen LogP contribution in [0.2, 0.25) is 0 Å². The molecule has 0 radical (unpaired) electrons. The van der Waals surface area contributed by atoms with Gasteiger partial charge in [0.1, 0.15) is 0 Å². The molecule has 2 bridgehead atoms. The summed E-state index contributed by atoms with van der Waals surface area (Å²) in [7, 11) is 0. The van der Waals surface area contributed by atoms with Crippen LogP contribution in [0.4, 0.5) is 35.1 Å². The number of halogens is 8. The zero-order valence-corrected chi connectivity index (χ0v) is 10.5. The molecule has 0 aromatic heterocycles. The molecular formula is C12H8F8O2. The van der Waals surface area contributed by atoms with Crippen LogP contribution < -0.4 is 0 Å². The third-order valence-corrected chi connectivity index (χ3v) is 5.08. The lowest BCUT2D eigenvalue weighted by Gasteiger charge is -2.49. The molecule has 3 aliphatic carbocycles. The molecule has 3 fully saturated rings. The summed E-state index contributed by atoms with van der Waals surface area (Å²) in [5.41, 5.74) is 0. The van der Waals surface area contributed by atoms with E-state index in [0.717, 1.165) is 12.2 Å². The van der Waals surface area contributed by atoms with Crippen molar-refractivity contribution >= 4 is 0 Å². The Hall–Kier alpha value is -0.900. The van der Waals surface area contributed by atoms with Crippen molar-refractivity contribution in [1.29, 1.82) is 0 Å². The molecule has 5 rings (SSSR count). The average molecular weight is 336 g/mol. The molecule has 5 aliphatic rings. The van der Waals surface area contributed by atoms with E-state index in [4.69, 9.17) is 0 Å². The second-order valence-corrected chi connectivity index (χ2v) is 6.09. The van der Waals surface area contributed by atoms with Crippen LogP contribution in [0.25, 0.3) is 0 Å². The van der Waals surface area contributed by atoms with Crippen molar-refractivity contribution < 1.29 is 44.6 Å². The van der Waals surface area contributed by atoms with Crippen LogP contribution in [-0.4, -0.2) is 24.4 Å². The first-order valence-corrected chi connectivity index (χ1v) is 6.48. The average Bonchev–Trinajstić information content (AvgIpc) is 2.67. The minimum Gasteiger partial charge on any atom is -0.255 e. The van der Waals surface area contributed by atoms with Crippen molar-refractivity contribution in [2.75, 3.05) is 0 Å². The summed E-state index contributed by atoms with van der Waals surface area (Å²) in [6, 6.07) is 0. The number of rotatable bonds is 0. The van der Waals surface area contributed by atoms with Crippen LogP contribution >= 0.6 is 0 Å². The molecule has 0 aromatic rings. The van der Waals surface area contributed by atoms with E-state index in [-0.39, 0.29) is 0 Å². The normalized spacial score (nSPS) is 51.6. The number of ether oxygens (including phenoxy) is 2. The smallest absolute Gasteiger partial charge is 0.255 e. The Bertz CT molecular complexity index is 471. The van der Waals surface area contributed by atoms with Crippen LogP contribution in [0, 0.1) is 35.5 Å². The molecule has 2 saturated heterocycles. The quantitative estimate of drug-likeness (QED) is 0.496. The monoisotopic (exact) mass is 336 g/mol. The molecule has 0 N–H and O–H groups in total. The van der Waals surface area contributed by atoms with Crippen LogP contribution in [0.3, 0.4) is 0 Å². The van der Waals surface area contributed by atoms with Gasteiger partial charge in [0.05, 0.1) is 23.7 Å². The fourth-order valence-corrected chi connectivity index (χ4v) is 4.51. The van der Waals surface area contributed by atoms with Crippen molar-refractivity contribution in [2.24, 2.45) is 35.5 Å². The van der Waals surface area contributed by atoms with Crippen molar-refractivity contribution in [3.63, 3.8) is 0 Å². The topological polar surface area (TPSA) is 18.5 Å². The Morgan fingerprint density at radius 2 is 0.727 bits per heavy atom. The molecule has 4 unspecified atom stereocenters. The van der Waals surface area contributed by atoms with E-state index in [2.05, 4.69) is 9.47 Å². The number of alkyl halides is 8. The predicted octanol–water partition coefficient (Wildman–Crippen LogP) is 3.70. The number of hydrogen-bond donors (Lipinski definition) is 0. The molecule has 0 amide bonds. The van der Waals surface area contributed by atoms with E-state index >= 15 is 0 Å². The highest BCUT2D eigenvalue weighted by Gasteiger charge is 2.82. The maximum atomic E-state index is 13.7. The third kappa shape index (κ3) is 1.52. The summed E-state index contributed by atoms with van der Waals surface area (Å²) in [4.78, 5) is 0. The summed E-state index contributed by atoms with van der Waals surface area (Å²) in [5, 5.41) is 0. The number of hydrogen-bond acceptors (Lipinski definition) is 2. The first-order chi connectivity index (χ1) is 9.89.